The number of carbonyl (C=O) groups is 2. The highest BCUT2D eigenvalue weighted by molar-refractivity contribution is 6.23. The molecule has 0 unspecified atom stereocenters. The van der Waals surface area contributed by atoms with Gasteiger partial charge in [-0.2, -0.15) is 0 Å². The van der Waals surface area contributed by atoms with Crippen LogP contribution in [0.1, 0.15) is 25.0 Å². The number of fused-ring (bicyclic) bond motifs is 1. The standard InChI is InChI=1S/C23H20F3N3O3/c1-14-5-4-6-18-19(14)15(11-12-27-18)13-28-21(31)29(20(30)22(28,2)3)16-7-9-17(10-8-16)32-23(24,25)26/h4-12H,13H2,1-3H3. The number of carbonyl (C=O) groups excluding carboxylic acids is 2. The summed E-state index contributed by atoms with van der Waals surface area (Å²) >= 11 is 0. The molecule has 1 saturated heterocycles. The van der Waals surface area contributed by atoms with Crippen molar-refractivity contribution in [2.24, 2.45) is 0 Å². The van der Waals surface area contributed by atoms with Gasteiger partial charge in [-0.1, -0.05) is 12.1 Å². The van der Waals surface area contributed by atoms with Gasteiger partial charge in [0.15, 0.2) is 0 Å². The van der Waals surface area contributed by atoms with Crippen molar-refractivity contribution in [2.45, 2.75) is 39.2 Å². The highest BCUT2D eigenvalue weighted by atomic mass is 19.4. The lowest BCUT2D eigenvalue weighted by Gasteiger charge is -2.28. The summed E-state index contributed by atoms with van der Waals surface area (Å²) < 4.78 is 41.1. The van der Waals surface area contributed by atoms with Gasteiger partial charge in [-0.05, 0) is 68.3 Å². The fourth-order valence-electron chi connectivity index (χ4n) is 3.90. The average Bonchev–Trinajstić information content (AvgIpc) is 2.87. The predicted molar refractivity (Wildman–Crippen MR) is 112 cm³/mol. The van der Waals surface area contributed by atoms with Crippen LogP contribution in [0.25, 0.3) is 10.9 Å². The molecule has 0 N–H and O–H groups in total. The second-order valence-corrected chi connectivity index (χ2v) is 8.05. The van der Waals surface area contributed by atoms with Gasteiger partial charge in [0.05, 0.1) is 11.2 Å². The molecule has 1 aliphatic heterocycles. The summed E-state index contributed by atoms with van der Waals surface area (Å²) in [6.07, 6.45) is -3.17. The molecule has 2 heterocycles. The second kappa shape index (κ2) is 7.51. The monoisotopic (exact) mass is 443 g/mol. The number of anilines is 1. The van der Waals surface area contributed by atoms with Crippen LogP contribution in [-0.2, 0) is 11.3 Å². The number of benzene rings is 2. The summed E-state index contributed by atoms with van der Waals surface area (Å²) in [4.78, 5) is 33.2. The Morgan fingerprint density at radius 2 is 1.72 bits per heavy atom. The molecule has 1 aromatic heterocycles. The van der Waals surface area contributed by atoms with Crippen LogP contribution in [0.15, 0.2) is 54.7 Å². The maximum atomic E-state index is 13.3. The first-order valence-corrected chi connectivity index (χ1v) is 9.84. The van der Waals surface area contributed by atoms with Gasteiger partial charge in [0.25, 0.3) is 5.91 Å². The highest BCUT2D eigenvalue weighted by Crippen LogP contribution is 2.35. The first-order valence-electron chi connectivity index (χ1n) is 9.84. The molecule has 0 bridgehead atoms. The number of amides is 3. The van der Waals surface area contributed by atoms with Gasteiger partial charge in [0.2, 0.25) is 0 Å². The molecule has 3 aromatic rings. The summed E-state index contributed by atoms with van der Waals surface area (Å²) in [5.74, 6) is -0.905. The Morgan fingerprint density at radius 3 is 2.38 bits per heavy atom. The average molecular weight is 443 g/mol. The van der Waals surface area contributed by atoms with E-state index in [2.05, 4.69) is 9.72 Å². The van der Waals surface area contributed by atoms with Crippen molar-refractivity contribution in [3.05, 3.63) is 65.9 Å². The number of alkyl halides is 3. The van der Waals surface area contributed by atoms with Crippen molar-refractivity contribution in [2.75, 3.05) is 4.90 Å². The molecule has 6 nitrogen and oxygen atoms in total. The van der Waals surface area contributed by atoms with Crippen molar-refractivity contribution in [1.82, 2.24) is 9.88 Å². The van der Waals surface area contributed by atoms with Gasteiger partial charge in [-0.3, -0.25) is 9.78 Å². The van der Waals surface area contributed by atoms with E-state index < -0.39 is 29.6 Å². The molecule has 3 amide bonds. The molecular weight excluding hydrogens is 423 g/mol. The molecule has 1 fully saturated rings. The SMILES string of the molecule is Cc1cccc2nccc(CN3C(=O)N(c4ccc(OC(F)(F)F)cc4)C(=O)C3(C)C)c12. The summed E-state index contributed by atoms with van der Waals surface area (Å²) in [5, 5.41) is 0.915. The summed E-state index contributed by atoms with van der Waals surface area (Å²) in [6.45, 7) is 5.41. The molecular formula is C23H20F3N3O3. The molecule has 0 radical (unpaired) electrons. The number of pyridine rings is 1. The molecule has 4 rings (SSSR count). The van der Waals surface area contributed by atoms with Crippen LogP contribution in [0, 0.1) is 6.92 Å². The minimum atomic E-state index is -4.83. The molecule has 1 aliphatic rings. The molecule has 166 valence electrons. The van der Waals surface area contributed by atoms with Gasteiger partial charge in [-0.25, -0.2) is 9.69 Å². The van der Waals surface area contributed by atoms with E-state index in [0.29, 0.717) is 0 Å². The minimum absolute atomic E-state index is 0.167. The molecule has 32 heavy (non-hydrogen) atoms. The number of imide groups is 1. The molecule has 9 heteroatoms. The number of aryl methyl sites for hydroxylation is 1. The third kappa shape index (κ3) is 3.74. The Kier molecular flexibility index (Phi) is 5.07. The van der Waals surface area contributed by atoms with Crippen molar-refractivity contribution >= 4 is 28.5 Å². The number of hydrogen-bond acceptors (Lipinski definition) is 4. The lowest BCUT2D eigenvalue weighted by Crippen LogP contribution is -2.43. The third-order valence-corrected chi connectivity index (χ3v) is 5.54. The third-order valence-electron chi connectivity index (χ3n) is 5.54. The van der Waals surface area contributed by atoms with Crippen LogP contribution in [0.4, 0.5) is 23.7 Å². The van der Waals surface area contributed by atoms with Crippen molar-refractivity contribution in [3.63, 3.8) is 0 Å². The van der Waals surface area contributed by atoms with Crippen LogP contribution in [0.2, 0.25) is 0 Å². The van der Waals surface area contributed by atoms with E-state index in [9.17, 15) is 22.8 Å². The summed E-state index contributed by atoms with van der Waals surface area (Å²) in [6, 6.07) is 11.6. The predicted octanol–water partition coefficient (Wildman–Crippen LogP) is 5.19. The lowest BCUT2D eigenvalue weighted by atomic mass is 10.00. The van der Waals surface area contributed by atoms with Gasteiger partial charge >= 0.3 is 12.4 Å². The fraction of sp³-hybridized carbons (Fsp3) is 0.261. The molecule has 0 atom stereocenters. The number of ether oxygens (including phenoxy) is 1. The zero-order valence-electron chi connectivity index (χ0n) is 17.6. The molecule has 0 spiro atoms. The Morgan fingerprint density at radius 1 is 1.03 bits per heavy atom. The van der Waals surface area contributed by atoms with E-state index in [1.54, 1.807) is 20.0 Å². The zero-order valence-corrected chi connectivity index (χ0v) is 17.6. The van der Waals surface area contributed by atoms with E-state index in [1.165, 1.54) is 17.0 Å². The van der Waals surface area contributed by atoms with Gasteiger partial charge < -0.3 is 9.64 Å². The fourth-order valence-corrected chi connectivity index (χ4v) is 3.90. The smallest absolute Gasteiger partial charge is 0.406 e. The number of halogens is 3. The maximum Gasteiger partial charge on any atom is 0.573 e. The molecule has 0 saturated carbocycles. The van der Waals surface area contributed by atoms with Crippen LogP contribution in [0.5, 0.6) is 5.75 Å². The largest absolute Gasteiger partial charge is 0.573 e. The van der Waals surface area contributed by atoms with E-state index in [4.69, 9.17) is 0 Å². The van der Waals surface area contributed by atoms with Crippen molar-refractivity contribution in [1.29, 1.82) is 0 Å². The lowest BCUT2D eigenvalue weighted by molar-refractivity contribution is -0.274. The van der Waals surface area contributed by atoms with Crippen molar-refractivity contribution in [3.8, 4) is 5.75 Å². The topological polar surface area (TPSA) is 62.7 Å². The van der Waals surface area contributed by atoms with E-state index >= 15 is 0 Å². The van der Waals surface area contributed by atoms with Crippen molar-refractivity contribution < 1.29 is 27.5 Å². The number of nitrogens with zero attached hydrogens (tertiary/aromatic N) is 3. The normalized spacial score (nSPS) is 16.2. The summed E-state index contributed by atoms with van der Waals surface area (Å²) in [7, 11) is 0. The second-order valence-electron chi connectivity index (χ2n) is 8.05. The Balaban J connectivity index is 1.66. The van der Waals surface area contributed by atoms with Gasteiger partial charge in [0.1, 0.15) is 11.3 Å². The van der Waals surface area contributed by atoms with E-state index in [1.807, 2.05) is 31.2 Å². The highest BCUT2D eigenvalue weighted by Gasteiger charge is 2.51. The Labute approximate surface area is 182 Å². The number of hydrogen-bond donors (Lipinski definition) is 0. The molecule has 2 aromatic carbocycles. The maximum absolute atomic E-state index is 13.3. The Bertz CT molecular complexity index is 1200. The van der Waals surface area contributed by atoms with Crippen LogP contribution in [0.3, 0.4) is 0 Å². The Hall–Kier alpha value is -3.62. The van der Waals surface area contributed by atoms with E-state index in [-0.39, 0.29) is 12.2 Å². The number of rotatable bonds is 4. The van der Waals surface area contributed by atoms with Gasteiger partial charge in [-0.15, -0.1) is 13.2 Å². The van der Waals surface area contributed by atoms with Crippen LogP contribution < -0.4 is 9.64 Å². The van der Waals surface area contributed by atoms with E-state index in [0.717, 1.165) is 39.1 Å². The zero-order chi connectivity index (χ0) is 23.3. The quantitative estimate of drug-likeness (QED) is 0.521. The summed E-state index contributed by atoms with van der Waals surface area (Å²) in [5.41, 5.74) is 1.64. The number of aromatic nitrogens is 1. The van der Waals surface area contributed by atoms with Gasteiger partial charge in [0, 0.05) is 18.1 Å². The van der Waals surface area contributed by atoms with Crippen LogP contribution in [-0.4, -0.2) is 33.7 Å². The first kappa shape index (κ1) is 21.6. The molecule has 0 aliphatic carbocycles. The number of urea groups is 1. The first-order chi connectivity index (χ1) is 15.0. The van der Waals surface area contributed by atoms with Crippen LogP contribution >= 0.6 is 0 Å². The minimum Gasteiger partial charge on any atom is -0.406 e.